The fourth-order valence-corrected chi connectivity index (χ4v) is 2.08. The molecule has 1 atom stereocenters. The van der Waals surface area contributed by atoms with E-state index in [9.17, 15) is 8.42 Å². The third-order valence-corrected chi connectivity index (χ3v) is 3.46. The number of hydrogen-bond acceptors (Lipinski definition) is 4. The molecule has 0 aliphatic rings. The van der Waals surface area contributed by atoms with Gasteiger partial charge in [0, 0.05) is 24.8 Å². The molecule has 0 fully saturated rings. The third-order valence-electron chi connectivity index (χ3n) is 2.73. The lowest BCUT2D eigenvalue weighted by Gasteiger charge is -2.15. The van der Waals surface area contributed by atoms with E-state index in [0.717, 1.165) is 23.1 Å². The molecule has 0 aliphatic heterocycles. The van der Waals surface area contributed by atoms with Crippen LogP contribution >= 0.6 is 0 Å². The third kappa shape index (κ3) is 5.03. The molecule has 0 heterocycles. The second-order valence-electron chi connectivity index (χ2n) is 4.46. The Balaban J connectivity index is 2.45. The van der Waals surface area contributed by atoms with Gasteiger partial charge in [0.1, 0.15) is 0 Å². The molecule has 6 heteroatoms. The summed E-state index contributed by atoms with van der Waals surface area (Å²) >= 11 is 0. The number of anilines is 1. The van der Waals surface area contributed by atoms with E-state index in [1.54, 1.807) is 0 Å². The van der Waals surface area contributed by atoms with Crippen molar-refractivity contribution in [1.82, 2.24) is 10.0 Å². The minimum atomic E-state index is -3.11. The number of benzene rings is 1. The Morgan fingerprint density at radius 1 is 1.33 bits per heavy atom. The summed E-state index contributed by atoms with van der Waals surface area (Å²) in [5.41, 5.74) is 8.73. The highest BCUT2D eigenvalue weighted by Gasteiger charge is 2.06. The Hall–Kier alpha value is -1.11. The maximum absolute atomic E-state index is 10.9. The number of nitrogens with one attached hydrogen (secondary N) is 2. The normalized spacial score (nSPS) is 13.5. The Bertz CT molecular complexity index is 500. The number of sulfonamides is 1. The first-order valence-corrected chi connectivity index (χ1v) is 7.73. The van der Waals surface area contributed by atoms with Crippen LogP contribution in [0, 0.1) is 6.92 Å². The van der Waals surface area contributed by atoms with E-state index >= 15 is 0 Å². The molecule has 1 aromatic carbocycles. The maximum Gasteiger partial charge on any atom is 0.208 e. The fraction of sp³-hybridized carbons (Fsp3) is 0.500. The van der Waals surface area contributed by atoms with Crippen molar-refractivity contribution in [3.8, 4) is 0 Å². The van der Waals surface area contributed by atoms with Crippen molar-refractivity contribution >= 4 is 15.7 Å². The minimum Gasteiger partial charge on any atom is -0.399 e. The van der Waals surface area contributed by atoms with Crippen LogP contribution in [0.25, 0.3) is 0 Å². The molecule has 0 spiro atoms. The summed E-state index contributed by atoms with van der Waals surface area (Å²) in [7, 11) is -3.11. The summed E-state index contributed by atoms with van der Waals surface area (Å²) in [6.45, 7) is 4.97. The summed E-state index contributed by atoms with van der Waals surface area (Å²) in [6.07, 6.45) is 1.15. The van der Waals surface area contributed by atoms with E-state index in [4.69, 9.17) is 5.73 Å². The van der Waals surface area contributed by atoms with Crippen LogP contribution in [-0.2, 0) is 10.0 Å². The van der Waals surface area contributed by atoms with Crippen molar-refractivity contribution in [3.63, 3.8) is 0 Å². The summed E-state index contributed by atoms with van der Waals surface area (Å²) in [5, 5.41) is 3.25. The van der Waals surface area contributed by atoms with E-state index in [1.807, 2.05) is 32.0 Å². The van der Waals surface area contributed by atoms with Gasteiger partial charge < -0.3 is 11.1 Å². The molecule has 1 aromatic rings. The van der Waals surface area contributed by atoms with Gasteiger partial charge in [0.2, 0.25) is 10.0 Å². The SMILES string of the molecule is Cc1cc(C(C)NCCNS(C)(=O)=O)ccc1N. The minimum absolute atomic E-state index is 0.158. The smallest absolute Gasteiger partial charge is 0.208 e. The lowest BCUT2D eigenvalue weighted by molar-refractivity contribution is 0.556. The lowest BCUT2D eigenvalue weighted by atomic mass is 10.0. The highest BCUT2D eigenvalue weighted by Crippen LogP contribution is 2.18. The first-order valence-electron chi connectivity index (χ1n) is 5.83. The van der Waals surface area contributed by atoms with Gasteiger partial charge in [0.25, 0.3) is 0 Å². The Kier molecular flexibility index (Phi) is 5.13. The van der Waals surface area contributed by atoms with Crippen molar-refractivity contribution < 1.29 is 8.42 Å². The van der Waals surface area contributed by atoms with E-state index in [1.165, 1.54) is 0 Å². The van der Waals surface area contributed by atoms with E-state index in [0.29, 0.717) is 13.1 Å². The summed E-state index contributed by atoms with van der Waals surface area (Å²) in [5.74, 6) is 0. The van der Waals surface area contributed by atoms with Crippen LogP contribution in [0.3, 0.4) is 0 Å². The monoisotopic (exact) mass is 271 g/mol. The van der Waals surface area contributed by atoms with Crippen molar-refractivity contribution in [2.45, 2.75) is 19.9 Å². The van der Waals surface area contributed by atoms with Gasteiger partial charge in [-0.05, 0) is 31.0 Å². The molecule has 0 aliphatic carbocycles. The second-order valence-corrected chi connectivity index (χ2v) is 6.29. The molecule has 0 radical (unpaired) electrons. The molecule has 18 heavy (non-hydrogen) atoms. The lowest BCUT2D eigenvalue weighted by Crippen LogP contribution is -2.32. The van der Waals surface area contributed by atoms with Crippen LogP contribution in [0.5, 0.6) is 0 Å². The van der Waals surface area contributed by atoms with Crippen LogP contribution in [0.4, 0.5) is 5.69 Å². The molecule has 0 saturated carbocycles. The Labute approximate surface area is 109 Å². The van der Waals surface area contributed by atoms with Gasteiger partial charge in [-0.1, -0.05) is 12.1 Å². The van der Waals surface area contributed by atoms with Crippen LogP contribution in [0.15, 0.2) is 18.2 Å². The first kappa shape index (κ1) is 14.9. The van der Waals surface area contributed by atoms with Crippen molar-refractivity contribution in [2.24, 2.45) is 0 Å². The highest BCUT2D eigenvalue weighted by molar-refractivity contribution is 7.88. The topological polar surface area (TPSA) is 84.2 Å². The zero-order valence-electron chi connectivity index (χ0n) is 11.0. The molecule has 5 nitrogen and oxygen atoms in total. The molecule has 1 rings (SSSR count). The quantitative estimate of drug-likeness (QED) is 0.527. The fourth-order valence-electron chi connectivity index (χ4n) is 1.61. The molecule has 0 amide bonds. The van der Waals surface area contributed by atoms with Crippen LogP contribution < -0.4 is 15.8 Å². The van der Waals surface area contributed by atoms with Gasteiger partial charge in [0.15, 0.2) is 0 Å². The summed E-state index contributed by atoms with van der Waals surface area (Å²) in [6, 6.07) is 6.06. The largest absolute Gasteiger partial charge is 0.399 e. The van der Waals surface area contributed by atoms with Crippen molar-refractivity contribution in [3.05, 3.63) is 29.3 Å². The van der Waals surface area contributed by atoms with Gasteiger partial charge in [0.05, 0.1) is 6.26 Å². The molecule has 1 unspecified atom stereocenters. The van der Waals surface area contributed by atoms with E-state index in [2.05, 4.69) is 10.0 Å². The number of nitrogens with two attached hydrogens (primary N) is 1. The van der Waals surface area contributed by atoms with Gasteiger partial charge in [-0.25, -0.2) is 13.1 Å². The number of rotatable bonds is 6. The van der Waals surface area contributed by atoms with Crippen molar-refractivity contribution in [2.75, 3.05) is 25.1 Å². The molecule has 0 aromatic heterocycles. The second kappa shape index (κ2) is 6.17. The highest BCUT2D eigenvalue weighted by atomic mass is 32.2. The summed E-state index contributed by atoms with van der Waals surface area (Å²) < 4.78 is 24.2. The number of aryl methyl sites for hydroxylation is 1. The standard InChI is InChI=1S/C12H21N3O2S/c1-9-8-11(4-5-12(9)13)10(2)14-6-7-15-18(3,16)17/h4-5,8,10,14-15H,6-7,13H2,1-3H3. The number of nitrogen functional groups attached to an aromatic ring is 1. The molecule has 0 saturated heterocycles. The predicted octanol–water partition coefficient (Wildman–Crippen LogP) is 0.777. The Morgan fingerprint density at radius 2 is 2.00 bits per heavy atom. The van der Waals surface area contributed by atoms with Gasteiger partial charge in [-0.3, -0.25) is 0 Å². The van der Waals surface area contributed by atoms with Crippen LogP contribution in [-0.4, -0.2) is 27.8 Å². The molecular weight excluding hydrogens is 250 g/mol. The zero-order valence-corrected chi connectivity index (χ0v) is 11.8. The maximum atomic E-state index is 10.9. The van der Waals surface area contributed by atoms with E-state index < -0.39 is 10.0 Å². The average Bonchev–Trinajstić information content (AvgIpc) is 2.26. The molecule has 4 N–H and O–H groups in total. The molecular formula is C12H21N3O2S. The van der Waals surface area contributed by atoms with Crippen LogP contribution in [0.1, 0.15) is 24.1 Å². The zero-order chi connectivity index (χ0) is 13.8. The summed E-state index contributed by atoms with van der Waals surface area (Å²) in [4.78, 5) is 0. The first-order chi connectivity index (χ1) is 8.29. The Morgan fingerprint density at radius 3 is 2.56 bits per heavy atom. The number of hydrogen-bond donors (Lipinski definition) is 3. The van der Waals surface area contributed by atoms with Gasteiger partial charge in [-0.15, -0.1) is 0 Å². The van der Waals surface area contributed by atoms with Gasteiger partial charge >= 0.3 is 0 Å². The molecule has 0 bridgehead atoms. The van der Waals surface area contributed by atoms with Crippen LogP contribution in [0.2, 0.25) is 0 Å². The average molecular weight is 271 g/mol. The van der Waals surface area contributed by atoms with Crippen molar-refractivity contribution in [1.29, 1.82) is 0 Å². The predicted molar refractivity (Wildman–Crippen MR) is 74.9 cm³/mol. The molecule has 102 valence electrons. The van der Waals surface area contributed by atoms with E-state index in [-0.39, 0.29) is 6.04 Å². The van der Waals surface area contributed by atoms with Gasteiger partial charge in [-0.2, -0.15) is 0 Å².